The lowest BCUT2D eigenvalue weighted by molar-refractivity contribution is 0.202. The second-order valence-corrected chi connectivity index (χ2v) is 9.56. The van der Waals surface area contributed by atoms with Crippen molar-refractivity contribution in [3.05, 3.63) is 47.5 Å². The van der Waals surface area contributed by atoms with Gasteiger partial charge >= 0.3 is 0 Å². The molecule has 1 aromatic heterocycles. The fraction of sp³-hybridized carbons (Fsp3) is 0.524. The summed E-state index contributed by atoms with van der Waals surface area (Å²) >= 11 is 1.86. The zero-order valence-corrected chi connectivity index (χ0v) is 16.4. The minimum absolute atomic E-state index is 0.343. The monoisotopic (exact) mass is 400 g/mol. The van der Waals surface area contributed by atoms with E-state index in [2.05, 4.69) is 15.3 Å². The van der Waals surface area contributed by atoms with E-state index in [9.17, 15) is 9.50 Å². The molecule has 5 rings (SSSR count). The molecule has 0 spiro atoms. The summed E-state index contributed by atoms with van der Waals surface area (Å²) < 4.78 is 14.5. The van der Waals surface area contributed by atoms with E-state index in [0.717, 1.165) is 24.1 Å². The maximum Gasteiger partial charge on any atom is 0.227 e. The molecule has 28 heavy (non-hydrogen) atoms. The fourth-order valence-corrected chi connectivity index (χ4v) is 7.06. The molecule has 7 heteroatoms. The molecule has 2 saturated carbocycles. The summed E-state index contributed by atoms with van der Waals surface area (Å²) in [7, 11) is 0. The summed E-state index contributed by atoms with van der Waals surface area (Å²) in [4.78, 5) is 8.60. The predicted molar refractivity (Wildman–Crippen MR) is 109 cm³/mol. The molecule has 1 aliphatic heterocycles. The first kappa shape index (κ1) is 18.3. The number of anilines is 2. The second-order valence-electron chi connectivity index (χ2n) is 8.29. The van der Waals surface area contributed by atoms with Crippen LogP contribution in [0.25, 0.3) is 0 Å². The molecule has 2 aliphatic carbocycles. The molecule has 0 amide bonds. The molecule has 3 aliphatic rings. The summed E-state index contributed by atoms with van der Waals surface area (Å²) in [6.07, 6.45) is 3.66. The summed E-state index contributed by atoms with van der Waals surface area (Å²) in [6.45, 7) is 0.647. The van der Waals surface area contributed by atoms with Gasteiger partial charge in [0.2, 0.25) is 5.95 Å². The van der Waals surface area contributed by atoms with Gasteiger partial charge in [-0.3, -0.25) is 0 Å². The number of thioether (sulfide) groups is 1. The predicted octanol–water partition coefficient (Wildman–Crippen LogP) is 3.28. The summed E-state index contributed by atoms with van der Waals surface area (Å²) in [6, 6.07) is 7.65. The Hall–Kier alpha value is -1.70. The lowest BCUT2D eigenvalue weighted by Crippen LogP contribution is -2.36. The summed E-state index contributed by atoms with van der Waals surface area (Å²) in [5, 5.41) is 14.4. The van der Waals surface area contributed by atoms with Crippen molar-refractivity contribution in [2.45, 2.75) is 30.6 Å². The molecular formula is C21H25FN4OS. The van der Waals surface area contributed by atoms with E-state index in [1.54, 1.807) is 0 Å². The standard InChI is InChI=1S/C21H25FN4OS/c22-17-9-24-21-25-13-3-1-2-11(4-13)19(27)10-28-20-6-12-5-15(20)14(16(12)8-23)7-18(17)26-21/h1-4,9,12,14-16,19-20,27H,5-8,10,23H2,(H,24,25,26). The van der Waals surface area contributed by atoms with Crippen molar-refractivity contribution in [1.82, 2.24) is 9.97 Å². The molecule has 5 nitrogen and oxygen atoms in total. The zero-order chi connectivity index (χ0) is 19.3. The Morgan fingerprint density at radius 1 is 1.29 bits per heavy atom. The van der Waals surface area contributed by atoms with Gasteiger partial charge in [0.25, 0.3) is 0 Å². The molecule has 2 fully saturated rings. The topological polar surface area (TPSA) is 84.1 Å². The highest BCUT2D eigenvalue weighted by Crippen LogP contribution is 2.56. The van der Waals surface area contributed by atoms with Crippen molar-refractivity contribution < 1.29 is 9.50 Å². The summed E-state index contributed by atoms with van der Waals surface area (Å²) in [5.74, 6) is 2.61. The van der Waals surface area contributed by atoms with Crippen LogP contribution < -0.4 is 11.1 Å². The first-order chi connectivity index (χ1) is 13.6. The molecule has 148 valence electrons. The van der Waals surface area contributed by atoms with Crippen LogP contribution in [-0.2, 0) is 6.42 Å². The highest BCUT2D eigenvalue weighted by molar-refractivity contribution is 7.99. The van der Waals surface area contributed by atoms with Crippen molar-refractivity contribution in [1.29, 1.82) is 0 Å². The van der Waals surface area contributed by atoms with Crippen molar-refractivity contribution in [2.75, 3.05) is 17.6 Å². The number of rotatable bonds is 1. The molecule has 2 aromatic rings. The molecule has 6 atom stereocenters. The third kappa shape index (κ3) is 3.19. The molecule has 1 aromatic carbocycles. The number of aliphatic hydroxyl groups is 1. The molecule has 6 unspecified atom stereocenters. The van der Waals surface area contributed by atoms with Crippen LogP contribution in [0.2, 0.25) is 0 Å². The van der Waals surface area contributed by atoms with Gasteiger partial charge in [-0.1, -0.05) is 12.1 Å². The maximum atomic E-state index is 14.5. The van der Waals surface area contributed by atoms with Crippen LogP contribution in [0.5, 0.6) is 0 Å². The van der Waals surface area contributed by atoms with Crippen molar-refractivity contribution in [2.24, 2.45) is 29.4 Å². The highest BCUT2D eigenvalue weighted by Gasteiger charge is 2.52. The van der Waals surface area contributed by atoms with Gasteiger partial charge < -0.3 is 16.2 Å². The second kappa shape index (κ2) is 7.28. The normalized spacial score (nSPS) is 34.0. The first-order valence-electron chi connectivity index (χ1n) is 10.0. The fourth-order valence-electron chi connectivity index (χ4n) is 5.49. The summed E-state index contributed by atoms with van der Waals surface area (Å²) in [5.41, 5.74) is 8.25. The van der Waals surface area contributed by atoms with Crippen molar-refractivity contribution >= 4 is 23.4 Å². The molecule has 0 saturated heterocycles. The Labute approximate surface area is 168 Å². The molecule has 6 bridgehead atoms. The third-order valence-corrected chi connectivity index (χ3v) is 8.28. The minimum atomic E-state index is -0.512. The van der Waals surface area contributed by atoms with Gasteiger partial charge in [0.15, 0.2) is 5.82 Å². The van der Waals surface area contributed by atoms with Gasteiger partial charge in [-0.05, 0) is 67.2 Å². The van der Waals surface area contributed by atoms with Crippen LogP contribution in [-0.4, -0.2) is 32.6 Å². The number of hydrogen-bond acceptors (Lipinski definition) is 6. The van der Waals surface area contributed by atoms with Crippen LogP contribution in [0.15, 0.2) is 30.5 Å². The highest BCUT2D eigenvalue weighted by atomic mass is 32.2. The molecule has 2 heterocycles. The van der Waals surface area contributed by atoms with Crippen molar-refractivity contribution in [3.63, 3.8) is 0 Å². The SMILES string of the molecule is NCC1C2CC3SCC(O)c4cccc(c4)Nc4ncc(F)c(n4)CC1C3C2. The van der Waals surface area contributed by atoms with E-state index in [1.807, 2.05) is 36.0 Å². The van der Waals surface area contributed by atoms with Crippen LogP contribution in [0.4, 0.5) is 16.0 Å². The number of hydrogen-bond donors (Lipinski definition) is 3. The minimum Gasteiger partial charge on any atom is -0.388 e. The lowest BCUT2D eigenvalue weighted by Gasteiger charge is -2.35. The Morgan fingerprint density at radius 3 is 3.04 bits per heavy atom. The van der Waals surface area contributed by atoms with Crippen LogP contribution in [0.1, 0.15) is 30.2 Å². The van der Waals surface area contributed by atoms with Gasteiger partial charge in [-0.15, -0.1) is 0 Å². The number of nitrogens with zero attached hydrogens (tertiary/aromatic N) is 2. The average molecular weight is 401 g/mol. The Morgan fingerprint density at radius 2 is 2.18 bits per heavy atom. The van der Waals surface area contributed by atoms with E-state index in [0.29, 0.717) is 59.3 Å². The number of nitrogens with two attached hydrogens (primary N) is 1. The van der Waals surface area contributed by atoms with Gasteiger partial charge in [0.1, 0.15) is 0 Å². The van der Waals surface area contributed by atoms with E-state index < -0.39 is 6.10 Å². The van der Waals surface area contributed by atoms with Crippen molar-refractivity contribution in [3.8, 4) is 0 Å². The quantitative estimate of drug-likeness (QED) is 0.681. The van der Waals surface area contributed by atoms with E-state index in [-0.39, 0.29) is 5.82 Å². The third-order valence-electron chi connectivity index (χ3n) is 6.81. The van der Waals surface area contributed by atoms with Crippen LogP contribution in [0, 0.1) is 29.5 Å². The number of benzene rings is 1. The number of nitrogens with one attached hydrogen (secondary N) is 1. The van der Waals surface area contributed by atoms with Crippen LogP contribution in [0.3, 0.4) is 0 Å². The smallest absolute Gasteiger partial charge is 0.227 e. The Balaban J connectivity index is 1.54. The molecular weight excluding hydrogens is 375 g/mol. The molecule has 0 radical (unpaired) electrons. The number of halogens is 1. The first-order valence-corrected chi connectivity index (χ1v) is 11.1. The van der Waals surface area contributed by atoms with Gasteiger partial charge in [-0.25, -0.2) is 14.4 Å². The molecule has 4 N–H and O–H groups in total. The Kier molecular flexibility index (Phi) is 4.77. The lowest BCUT2D eigenvalue weighted by atomic mass is 9.76. The maximum absolute atomic E-state index is 14.5. The number of aliphatic hydroxyl groups excluding tert-OH is 1. The van der Waals surface area contributed by atoms with Crippen LogP contribution >= 0.6 is 11.8 Å². The average Bonchev–Trinajstić information content (AvgIpc) is 3.26. The number of aromatic nitrogens is 2. The van der Waals surface area contributed by atoms with E-state index in [1.165, 1.54) is 6.20 Å². The van der Waals surface area contributed by atoms with Gasteiger partial charge in [-0.2, -0.15) is 11.8 Å². The Bertz CT molecular complexity index is 881. The number of fused-ring (bicyclic) bond motifs is 5. The van der Waals surface area contributed by atoms with E-state index in [4.69, 9.17) is 5.73 Å². The van der Waals surface area contributed by atoms with Gasteiger partial charge in [0.05, 0.1) is 18.0 Å². The largest absolute Gasteiger partial charge is 0.388 e. The van der Waals surface area contributed by atoms with E-state index >= 15 is 0 Å². The zero-order valence-electron chi connectivity index (χ0n) is 15.6. The van der Waals surface area contributed by atoms with Gasteiger partial charge in [0, 0.05) is 16.7 Å².